The molecule has 0 aromatic heterocycles. The van der Waals surface area contributed by atoms with E-state index in [2.05, 4.69) is 5.32 Å². The molecule has 0 fully saturated rings. The van der Waals surface area contributed by atoms with E-state index in [9.17, 15) is 4.79 Å². The molecule has 144 valence electrons. The Morgan fingerprint density at radius 3 is 2.89 bits per heavy atom. The summed E-state index contributed by atoms with van der Waals surface area (Å²) in [6.45, 7) is 4.31. The fourth-order valence-corrected chi connectivity index (χ4v) is 4.26. The van der Waals surface area contributed by atoms with Gasteiger partial charge >= 0.3 is 5.97 Å². The van der Waals surface area contributed by atoms with Crippen molar-refractivity contribution < 1.29 is 23.7 Å². The van der Waals surface area contributed by atoms with Gasteiger partial charge in [0, 0.05) is 23.6 Å². The monoisotopic (exact) mass is 379 g/mol. The van der Waals surface area contributed by atoms with Crippen LogP contribution in [0.25, 0.3) is 0 Å². The molecule has 1 unspecified atom stereocenters. The molecule has 1 N–H and O–H groups in total. The Balaban J connectivity index is 1.39. The van der Waals surface area contributed by atoms with Gasteiger partial charge in [-0.1, -0.05) is 24.3 Å². The van der Waals surface area contributed by atoms with Gasteiger partial charge in [-0.2, -0.15) is 0 Å². The Hall–Kier alpha value is -3.15. The molecule has 2 aromatic rings. The van der Waals surface area contributed by atoms with Gasteiger partial charge in [-0.3, -0.25) is 0 Å². The number of hydrogen-bond donors (Lipinski definition) is 1. The molecule has 3 aliphatic heterocycles. The normalized spacial score (nSPS) is 24.1. The van der Waals surface area contributed by atoms with Gasteiger partial charge in [0.05, 0.1) is 5.57 Å². The average Bonchev–Trinajstić information content (AvgIpc) is 3.13. The number of rotatable bonds is 3. The highest BCUT2D eigenvalue weighted by molar-refractivity contribution is 5.91. The van der Waals surface area contributed by atoms with Gasteiger partial charge in [0.2, 0.25) is 6.79 Å². The number of esters is 1. The van der Waals surface area contributed by atoms with E-state index in [0.29, 0.717) is 23.5 Å². The summed E-state index contributed by atoms with van der Waals surface area (Å²) in [7, 11) is 0. The van der Waals surface area contributed by atoms with Crippen LogP contribution in [-0.4, -0.2) is 18.5 Å². The van der Waals surface area contributed by atoms with Crippen LogP contribution in [0.5, 0.6) is 17.2 Å². The molecule has 0 spiro atoms. The van der Waals surface area contributed by atoms with E-state index in [4.69, 9.17) is 18.9 Å². The van der Waals surface area contributed by atoms with Crippen LogP contribution < -0.4 is 19.5 Å². The molecule has 5 rings (SSSR count). The van der Waals surface area contributed by atoms with Crippen LogP contribution in [0.3, 0.4) is 0 Å². The van der Waals surface area contributed by atoms with E-state index in [-0.39, 0.29) is 25.3 Å². The van der Waals surface area contributed by atoms with Crippen molar-refractivity contribution in [1.29, 1.82) is 0 Å². The highest BCUT2D eigenvalue weighted by atomic mass is 16.7. The number of allylic oxidation sites excluding steroid dienone is 1. The maximum Gasteiger partial charge on any atom is 0.336 e. The lowest BCUT2D eigenvalue weighted by atomic mass is 9.78. The first-order chi connectivity index (χ1) is 13.5. The third-order valence-electron chi connectivity index (χ3n) is 5.45. The van der Waals surface area contributed by atoms with Gasteiger partial charge in [-0.05, 0) is 37.6 Å². The van der Waals surface area contributed by atoms with Crippen LogP contribution in [0.1, 0.15) is 37.3 Å². The maximum absolute atomic E-state index is 13.0. The van der Waals surface area contributed by atoms with E-state index < -0.39 is 5.72 Å². The molecule has 6 nitrogen and oxygen atoms in total. The molecular weight excluding hydrogens is 358 g/mol. The minimum atomic E-state index is -0.524. The highest BCUT2D eigenvalue weighted by Crippen LogP contribution is 2.47. The average molecular weight is 379 g/mol. The first-order valence-electron chi connectivity index (χ1n) is 9.35. The van der Waals surface area contributed by atoms with Crippen LogP contribution in [0.15, 0.2) is 53.7 Å². The fraction of sp³-hybridized carbons (Fsp3) is 0.318. The Bertz CT molecular complexity index is 998. The van der Waals surface area contributed by atoms with Gasteiger partial charge in [0.15, 0.2) is 17.2 Å². The number of fused-ring (bicyclic) bond motifs is 5. The lowest BCUT2D eigenvalue weighted by Gasteiger charge is -2.45. The number of carbonyl (C=O) groups is 1. The van der Waals surface area contributed by atoms with Crippen molar-refractivity contribution in [3.63, 3.8) is 0 Å². The third kappa shape index (κ3) is 2.76. The van der Waals surface area contributed by atoms with Crippen molar-refractivity contribution in [2.45, 2.75) is 38.5 Å². The molecule has 2 aromatic carbocycles. The van der Waals surface area contributed by atoms with Crippen molar-refractivity contribution >= 4 is 5.97 Å². The van der Waals surface area contributed by atoms with Gasteiger partial charge < -0.3 is 24.3 Å². The standard InChI is InChI=1S/C22H21NO5/c1-13-20(16-10-22(2,23-13)28-17-6-4-3-5-15(16)17)21(24)25-11-14-7-8-18-19(9-14)27-12-26-18/h3-9,16,23H,10-12H2,1-2H3/t16-,22?/m0/s1. The van der Waals surface area contributed by atoms with Gasteiger partial charge in [0.1, 0.15) is 12.4 Å². The SMILES string of the molecule is CC1=C(C(=O)OCc2ccc3c(c2)OCO3)[C@H]2CC(C)(N1)Oc1ccccc12. The summed E-state index contributed by atoms with van der Waals surface area (Å²) in [5.74, 6) is 1.83. The molecule has 0 amide bonds. The summed E-state index contributed by atoms with van der Waals surface area (Å²) < 4.78 is 22.5. The van der Waals surface area contributed by atoms with Gasteiger partial charge in [-0.15, -0.1) is 0 Å². The van der Waals surface area contributed by atoms with E-state index in [1.807, 2.05) is 56.3 Å². The quantitative estimate of drug-likeness (QED) is 0.822. The lowest BCUT2D eigenvalue weighted by molar-refractivity contribution is -0.141. The van der Waals surface area contributed by atoms with Crippen LogP contribution in [0.2, 0.25) is 0 Å². The molecule has 0 radical (unpaired) electrons. The number of carbonyl (C=O) groups excluding carboxylic acids is 1. The second kappa shape index (κ2) is 6.19. The van der Waals surface area contributed by atoms with Crippen LogP contribution in [-0.2, 0) is 16.1 Å². The predicted molar refractivity (Wildman–Crippen MR) is 101 cm³/mol. The molecule has 0 aliphatic carbocycles. The Morgan fingerprint density at radius 1 is 1.18 bits per heavy atom. The number of ether oxygens (including phenoxy) is 4. The second-order valence-electron chi connectivity index (χ2n) is 7.55. The first-order valence-corrected chi connectivity index (χ1v) is 9.35. The zero-order valence-corrected chi connectivity index (χ0v) is 15.8. The Labute approximate surface area is 163 Å². The number of para-hydroxylation sites is 1. The molecule has 0 saturated heterocycles. The first kappa shape index (κ1) is 17.0. The maximum atomic E-state index is 13.0. The van der Waals surface area contributed by atoms with Crippen molar-refractivity contribution in [2.24, 2.45) is 0 Å². The van der Waals surface area contributed by atoms with Gasteiger partial charge in [-0.25, -0.2) is 4.79 Å². The highest BCUT2D eigenvalue weighted by Gasteiger charge is 2.45. The van der Waals surface area contributed by atoms with Crippen molar-refractivity contribution in [3.05, 3.63) is 64.9 Å². The van der Waals surface area contributed by atoms with E-state index in [1.54, 1.807) is 0 Å². The molecule has 28 heavy (non-hydrogen) atoms. The van der Waals surface area contributed by atoms with Crippen molar-refractivity contribution in [1.82, 2.24) is 5.32 Å². The number of hydrogen-bond acceptors (Lipinski definition) is 6. The zero-order valence-electron chi connectivity index (χ0n) is 15.8. The fourth-order valence-electron chi connectivity index (χ4n) is 4.26. The summed E-state index contributed by atoms with van der Waals surface area (Å²) in [6, 6.07) is 13.4. The molecule has 3 heterocycles. The lowest BCUT2D eigenvalue weighted by Crippen LogP contribution is -2.54. The van der Waals surface area contributed by atoms with Gasteiger partial charge in [0.25, 0.3) is 0 Å². The predicted octanol–water partition coefficient (Wildman–Crippen LogP) is 3.62. The molecule has 2 bridgehead atoms. The van der Waals surface area contributed by atoms with Crippen LogP contribution in [0, 0.1) is 0 Å². The second-order valence-corrected chi connectivity index (χ2v) is 7.55. The Kier molecular flexibility index (Phi) is 3.75. The number of benzene rings is 2. The minimum absolute atomic E-state index is 0.0551. The largest absolute Gasteiger partial charge is 0.468 e. The summed E-state index contributed by atoms with van der Waals surface area (Å²) >= 11 is 0. The number of nitrogens with one attached hydrogen (secondary N) is 1. The molecule has 2 atom stereocenters. The van der Waals surface area contributed by atoms with E-state index in [0.717, 1.165) is 22.6 Å². The summed E-state index contributed by atoms with van der Waals surface area (Å²) in [5, 5.41) is 3.35. The van der Waals surface area contributed by atoms with Crippen LogP contribution >= 0.6 is 0 Å². The van der Waals surface area contributed by atoms with Crippen molar-refractivity contribution in [3.8, 4) is 17.2 Å². The molecule has 0 saturated carbocycles. The summed E-state index contributed by atoms with van der Waals surface area (Å²) in [4.78, 5) is 13.0. The third-order valence-corrected chi connectivity index (χ3v) is 5.45. The van der Waals surface area contributed by atoms with Crippen LogP contribution in [0.4, 0.5) is 0 Å². The van der Waals surface area contributed by atoms with E-state index in [1.165, 1.54) is 0 Å². The summed E-state index contributed by atoms with van der Waals surface area (Å²) in [6.07, 6.45) is 0.676. The molecule has 3 aliphatic rings. The van der Waals surface area contributed by atoms with Crippen molar-refractivity contribution in [2.75, 3.05) is 6.79 Å². The van der Waals surface area contributed by atoms with E-state index >= 15 is 0 Å². The molecular formula is C22H21NO5. The summed E-state index contributed by atoms with van der Waals surface area (Å²) in [5.41, 5.74) is 2.81. The zero-order chi connectivity index (χ0) is 19.3. The minimum Gasteiger partial charge on any atom is -0.468 e. The smallest absolute Gasteiger partial charge is 0.336 e. The molecule has 6 heteroatoms. The Morgan fingerprint density at radius 2 is 2.00 bits per heavy atom. The topological polar surface area (TPSA) is 66.0 Å².